The van der Waals surface area contributed by atoms with Crippen LogP contribution in [0.5, 0.6) is 0 Å². The van der Waals surface area contributed by atoms with Crippen LogP contribution in [0.2, 0.25) is 0 Å². The first kappa shape index (κ1) is 21.2. The van der Waals surface area contributed by atoms with Gasteiger partial charge in [0, 0.05) is 44.5 Å². The Kier molecular flexibility index (Phi) is 7.00. The predicted octanol–water partition coefficient (Wildman–Crippen LogP) is 2.56. The van der Waals surface area contributed by atoms with Crippen molar-refractivity contribution in [3.8, 4) is 0 Å². The number of nitrogens with zero attached hydrogens (tertiary/aromatic N) is 3. The Morgan fingerprint density at radius 3 is 2.23 bits per heavy atom. The van der Waals surface area contributed by atoms with E-state index in [2.05, 4.69) is 20.0 Å². The van der Waals surface area contributed by atoms with Crippen LogP contribution in [0.25, 0.3) is 0 Å². The van der Waals surface area contributed by atoms with Gasteiger partial charge in [0.05, 0.1) is 13.1 Å². The smallest absolute Gasteiger partial charge is 0.238 e. The molecule has 164 valence electrons. The minimum atomic E-state index is -0.317. The number of fused-ring (bicyclic) bond motifs is 1. The van der Waals surface area contributed by atoms with Crippen LogP contribution in [0.15, 0.2) is 24.3 Å². The number of benzene rings is 1. The van der Waals surface area contributed by atoms with Crippen molar-refractivity contribution in [1.82, 2.24) is 14.7 Å². The van der Waals surface area contributed by atoms with E-state index in [-0.39, 0.29) is 17.6 Å². The first-order valence-corrected chi connectivity index (χ1v) is 11.4. The molecule has 2 amide bonds. The highest BCUT2D eigenvalue weighted by molar-refractivity contribution is 5.92. The zero-order valence-corrected chi connectivity index (χ0v) is 17.7. The summed E-state index contributed by atoms with van der Waals surface area (Å²) in [6, 6.07) is 6.27. The number of amides is 2. The molecular formula is C23H33FN4O2. The molecule has 1 N–H and O–H groups in total. The van der Waals surface area contributed by atoms with Crippen LogP contribution in [0.3, 0.4) is 0 Å². The third kappa shape index (κ3) is 5.38. The largest absolute Gasteiger partial charge is 0.338 e. The zero-order chi connectivity index (χ0) is 20.9. The third-order valence-corrected chi connectivity index (χ3v) is 6.88. The van der Waals surface area contributed by atoms with E-state index in [1.165, 1.54) is 44.2 Å². The van der Waals surface area contributed by atoms with Crippen molar-refractivity contribution in [3.63, 3.8) is 0 Å². The number of anilines is 1. The van der Waals surface area contributed by atoms with Crippen molar-refractivity contribution in [3.05, 3.63) is 30.1 Å². The van der Waals surface area contributed by atoms with Gasteiger partial charge in [-0.25, -0.2) is 4.39 Å². The summed E-state index contributed by atoms with van der Waals surface area (Å²) in [5.74, 6) is 0.590. The first-order valence-electron chi connectivity index (χ1n) is 11.4. The van der Waals surface area contributed by atoms with E-state index in [4.69, 9.17) is 0 Å². The van der Waals surface area contributed by atoms with Crippen LogP contribution < -0.4 is 5.32 Å². The molecule has 0 spiro atoms. The molecule has 4 rings (SSSR count). The Bertz CT molecular complexity index is 731. The minimum Gasteiger partial charge on any atom is -0.338 e. The lowest BCUT2D eigenvalue weighted by Crippen LogP contribution is -2.55. The Morgan fingerprint density at radius 2 is 1.50 bits per heavy atom. The van der Waals surface area contributed by atoms with Crippen LogP contribution in [-0.2, 0) is 9.59 Å². The molecule has 0 aromatic heterocycles. The van der Waals surface area contributed by atoms with Crippen molar-refractivity contribution in [2.75, 3.05) is 51.1 Å². The molecule has 2 saturated heterocycles. The molecule has 2 aliphatic heterocycles. The molecule has 1 aromatic carbocycles. The number of carbonyl (C=O) groups is 2. The summed E-state index contributed by atoms with van der Waals surface area (Å²) in [5, 5.41) is 2.81. The van der Waals surface area contributed by atoms with Gasteiger partial charge in [-0.1, -0.05) is 12.8 Å². The molecule has 30 heavy (non-hydrogen) atoms. The van der Waals surface area contributed by atoms with Gasteiger partial charge in [-0.05, 0) is 55.9 Å². The second-order valence-corrected chi connectivity index (χ2v) is 8.95. The van der Waals surface area contributed by atoms with Crippen molar-refractivity contribution >= 4 is 17.5 Å². The predicted molar refractivity (Wildman–Crippen MR) is 115 cm³/mol. The Labute approximate surface area is 178 Å². The standard InChI is InChI=1S/C23H33FN4O2/c24-19-7-9-20(10-8-19)25-22(29)16-26-12-14-27(15-13-26)17-23(30)28-11-3-5-18-4-1-2-6-21(18)28/h7-10,18,21H,1-6,11-17H2,(H,25,29)/t18-,21+/m0/s1. The van der Waals surface area contributed by atoms with Crippen molar-refractivity contribution in [1.29, 1.82) is 0 Å². The molecule has 3 aliphatic rings. The topological polar surface area (TPSA) is 55.9 Å². The fourth-order valence-corrected chi connectivity index (χ4v) is 5.26. The highest BCUT2D eigenvalue weighted by Crippen LogP contribution is 2.35. The molecule has 0 radical (unpaired) electrons. The summed E-state index contributed by atoms with van der Waals surface area (Å²) in [5.41, 5.74) is 0.605. The van der Waals surface area contributed by atoms with Crippen LogP contribution in [-0.4, -0.2) is 78.4 Å². The second kappa shape index (κ2) is 9.88. The van der Waals surface area contributed by atoms with Crippen LogP contribution >= 0.6 is 0 Å². The van der Waals surface area contributed by atoms with E-state index in [0.29, 0.717) is 30.7 Å². The number of rotatable bonds is 5. The second-order valence-electron chi connectivity index (χ2n) is 8.95. The minimum absolute atomic E-state index is 0.0946. The maximum Gasteiger partial charge on any atom is 0.238 e. The molecule has 1 aromatic rings. The molecule has 3 fully saturated rings. The number of hydrogen-bond acceptors (Lipinski definition) is 4. The molecular weight excluding hydrogens is 383 g/mol. The number of hydrogen-bond donors (Lipinski definition) is 1. The average Bonchev–Trinajstić information content (AvgIpc) is 2.76. The fourth-order valence-electron chi connectivity index (χ4n) is 5.26. The van der Waals surface area contributed by atoms with Crippen molar-refractivity contribution in [2.24, 2.45) is 5.92 Å². The van der Waals surface area contributed by atoms with E-state index in [1.54, 1.807) is 12.1 Å². The normalized spacial score (nSPS) is 25.6. The van der Waals surface area contributed by atoms with Gasteiger partial charge < -0.3 is 10.2 Å². The molecule has 6 nitrogen and oxygen atoms in total. The average molecular weight is 417 g/mol. The quantitative estimate of drug-likeness (QED) is 0.802. The highest BCUT2D eigenvalue weighted by atomic mass is 19.1. The van der Waals surface area contributed by atoms with E-state index in [9.17, 15) is 14.0 Å². The highest BCUT2D eigenvalue weighted by Gasteiger charge is 2.36. The van der Waals surface area contributed by atoms with Gasteiger partial charge in [0.2, 0.25) is 11.8 Å². The van der Waals surface area contributed by atoms with E-state index < -0.39 is 0 Å². The van der Waals surface area contributed by atoms with Crippen LogP contribution in [0.1, 0.15) is 38.5 Å². The summed E-state index contributed by atoms with van der Waals surface area (Å²) in [6.07, 6.45) is 7.46. The summed E-state index contributed by atoms with van der Waals surface area (Å²) < 4.78 is 13.0. The van der Waals surface area contributed by atoms with Gasteiger partial charge in [0.1, 0.15) is 5.82 Å². The molecule has 2 atom stereocenters. The van der Waals surface area contributed by atoms with Crippen LogP contribution in [0, 0.1) is 11.7 Å². The summed E-state index contributed by atoms with van der Waals surface area (Å²) in [4.78, 5) is 31.7. The molecule has 2 heterocycles. The summed E-state index contributed by atoms with van der Waals surface area (Å²) in [6.45, 7) is 4.89. The number of nitrogens with one attached hydrogen (secondary N) is 1. The third-order valence-electron chi connectivity index (χ3n) is 6.88. The van der Waals surface area contributed by atoms with Gasteiger partial charge in [0.25, 0.3) is 0 Å². The van der Waals surface area contributed by atoms with Gasteiger partial charge >= 0.3 is 0 Å². The maximum absolute atomic E-state index is 13.0. The summed E-state index contributed by atoms with van der Waals surface area (Å²) >= 11 is 0. The van der Waals surface area contributed by atoms with Gasteiger partial charge in [0.15, 0.2) is 0 Å². The molecule has 1 aliphatic carbocycles. The first-order chi connectivity index (χ1) is 14.6. The van der Waals surface area contributed by atoms with Crippen molar-refractivity contribution < 1.29 is 14.0 Å². The van der Waals surface area contributed by atoms with E-state index in [1.807, 2.05) is 0 Å². The Hall–Kier alpha value is -1.99. The number of piperazine rings is 1. The van der Waals surface area contributed by atoms with Gasteiger partial charge in [-0.2, -0.15) is 0 Å². The van der Waals surface area contributed by atoms with Gasteiger partial charge in [-0.3, -0.25) is 19.4 Å². The Balaban J connectivity index is 1.20. The lowest BCUT2D eigenvalue weighted by molar-refractivity contribution is -0.139. The Morgan fingerprint density at radius 1 is 0.867 bits per heavy atom. The van der Waals surface area contributed by atoms with E-state index in [0.717, 1.165) is 39.1 Å². The SMILES string of the molecule is O=C(CN1CCN(CC(=O)N2CCC[C@@H]3CCCC[C@H]32)CC1)Nc1ccc(F)cc1. The lowest BCUT2D eigenvalue weighted by atomic mass is 9.78. The number of carbonyl (C=O) groups excluding carboxylic acids is 2. The number of piperidine rings is 1. The fraction of sp³-hybridized carbons (Fsp3) is 0.652. The molecule has 0 unspecified atom stereocenters. The monoisotopic (exact) mass is 416 g/mol. The molecule has 0 bridgehead atoms. The zero-order valence-electron chi connectivity index (χ0n) is 17.7. The van der Waals surface area contributed by atoms with Crippen LogP contribution in [0.4, 0.5) is 10.1 Å². The number of halogens is 1. The molecule has 1 saturated carbocycles. The number of likely N-dealkylation sites (tertiary alicyclic amines) is 1. The summed E-state index contributed by atoms with van der Waals surface area (Å²) in [7, 11) is 0. The van der Waals surface area contributed by atoms with Gasteiger partial charge in [-0.15, -0.1) is 0 Å². The van der Waals surface area contributed by atoms with Crippen molar-refractivity contribution in [2.45, 2.75) is 44.6 Å². The van der Waals surface area contributed by atoms with E-state index >= 15 is 0 Å². The molecule has 7 heteroatoms. The lowest BCUT2D eigenvalue weighted by Gasteiger charge is -2.45. The maximum atomic E-state index is 13.0.